The van der Waals surface area contributed by atoms with Gasteiger partial charge in [0, 0.05) is 21.1 Å². The van der Waals surface area contributed by atoms with Crippen LogP contribution < -0.4 is 11.1 Å². The number of aryl methyl sites for hydroxylation is 1. The summed E-state index contributed by atoms with van der Waals surface area (Å²) in [7, 11) is 0. The molecule has 2 heterocycles. The number of fused-ring (bicyclic) bond motifs is 1. The summed E-state index contributed by atoms with van der Waals surface area (Å²) < 4.78 is 0.904. The molecule has 1 amide bonds. The monoisotopic (exact) mass is 344 g/mol. The van der Waals surface area contributed by atoms with Crippen molar-refractivity contribution >= 4 is 44.2 Å². The number of carbonyl (C=O) groups is 1. The van der Waals surface area contributed by atoms with Crippen LogP contribution in [0, 0.1) is 6.92 Å². The van der Waals surface area contributed by atoms with Crippen LogP contribution in [0.15, 0.2) is 40.9 Å². The Labute approximate surface area is 129 Å². The second-order valence-corrected chi connectivity index (χ2v) is 5.60. The van der Waals surface area contributed by atoms with Crippen LogP contribution in [-0.2, 0) is 0 Å². The van der Waals surface area contributed by atoms with Gasteiger partial charge >= 0.3 is 0 Å². The summed E-state index contributed by atoms with van der Waals surface area (Å²) in [6.07, 6.45) is 0. The molecule has 0 unspecified atom stereocenters. The summed E-state index contributed by atoms with van der Waals surface area (Å²) in [5.41, 5.74) is 8.56. The van der Waals surface area contributed by atoms with Crippen LogP contribution >= 0.6 is 15.9 Å². The first-order valence-electron chi connectivity index (χ1n) is 6.36. The highest BCUT2D eigenvalue weighted by Crippen LogP contribution is 2.20. The van der Waals surface area contributed by atoms with Gasteiger partial charge in [-0.25, -0.2) is 4.98 Å². The molecule has 0 saturated carbocycles. The number of pyridine rings is 1. The van der Waals surface area contributed by atoms with E-state index in [4.69, 9.17) is 5.73 Å². The molecule has 0 bridgehead atoms. The molecule has 2 aromatic heterocycles. The van der Waals surface area contributed by atoms with E-state index < -0.39 is 0 Å². The van der Waals surface area contributed by atoms with E-state index in [1.807, 2.05) is 25.1 Å². The van der Waals surface area contributed by atoms with Crippen LogP contribution in [0.4, 0.5) is 11.5 Å². The van der Waals surface area contributed by atoms with Crippen molar-refractivity contribution in [2.75, 3.05) is 11.1 Å². The number of H-pyrrole nitrogens is 1. The van der Waals surface area contributed by atoms with Crippen LogP contribution in [0.3, 0.4) is 0 Å². The molecule has 106 valence electrons. The molecule has 0 atom stereocenters. The van der Waals surface area contributed by atoms with Crippen molar-refractivity contribution < 1.29 is 4.79 Å². The highest BCUT2D eigenvalue weighted by molar-refractivity contribution is 9.10. The number of nitrogens with one attached hydrogen (secondary N) is 2. The third kappa shape index (κ3) is 2.75. The van der Waals surface area contributed by atoms with Gasteiger partial charge in [0.2, 0.25) is 0 Å². The van der Waals surface area contributed by atoms with Crippen molar-refractivity contribution in [2.45, 2.75) is 6.92 Å². The number of halogens is 1. The maximum atomic E-state index is 12.2. The number of rotatable bonds is 2. The first kappa shape index (κ1) is 13.6. The molecule has 5 nitrogen and oxygen atoms in total. The molecular formula is C15H13BrN4O. The second-order valence-electron chi connectivity index (χ2n) is 4.75. The van der Waals surface area contributed by atoms with Gasteiger partial charge in [0.1, 0.15) is 11.5 Å². The average molecular weight is 345 g/mol. The van der Waals surface area contributed by atoms with Gasteiger partial charge in [0.25, 0.3) is 5.91 Å². The van der Waals surface area contributed by atoms with Crippen molar-refractivity contribution in [3.05, 3.63) is 52.3 Å². The lowest BCUT2D eigenvalue weighted by atomic mass is 10.2. The SMILES string of the molecule is Cc1nc(NC(=O)c2cc3cc(N)ccc3[nH]2)ccc1Br. The van der Waals surface area contributed by atoms with E-state index in [2.05, 4.69) is 31.2 Å². The molecule has 0 aliphatic heterocycles. The van der Waals surface area contributed by atoms with E-state index in [0.717, 1.165) is 21.1 Å². The Bertz CT molecular complexity index is 841. The van der Waals surface area contributed by atoms with E-state index >= 15 is 0 Å². The van der Waals surface area contributed by atoms with Crippen molar-refractivity contribution in [3.8, 4) is 0 Å². The Morgan fingerprint density at radius 1 is 1.29 bits per heavy atom. The number of hydrogen-bond donors (Lipinski definition) is 3. The summed E-state index contributed by atoms with van der Waals surface area (Å²) >= 11 is 3.38. The molecule has 3 aromatic rings. The van der Waals surface area contributed by atoms with Gasteiger partial charge in [-0.05, 0) is 59.3 Å². The van der Waals surface area contributed by atoms with Crippen LogP contribution in [0.25, 0.3) is 10.9 Å². The lowest BCUT2D eigenvalue weighted by molar-refractivity contribution is 0.102. The number of aromatic amines is 1. The highest BCUT2D eigenvalue weighted by atomic mass is 79.9. The molecule has 6 heteroatoms. The smallest absolute Gasteiger partial charge is 0.273 e. The first-order chi connectivity index (χ1) is 10.0. The maximum Gasteiger partial charge on any atom is 0.273 e. The van der Waals surface area contributed by atoms with E-state index in [-0.39, 0.29) is 5.91 Å². The minimum atomic E-state index is -0.237. The van der Waals surface area contributed by atoms with E-state index in [1.165, 1.54) is 0 Å². The van der Waals surface area contributed by atoms with Crippen LogP contribution in [0.1, 0.15) is 16.2 Å². The minimum Gasteiger partial charge on any atom is -0.399 e. The van der Waals surface area contributed by atoms with Crippen molar-refractivity contribution in [2.24, 2.45) is 0 Å². The summed E-state index contributed by atoms with van der Waals surface area (Å²) in [4.78, 5) is 19.6. The third-order valence-electron chi connectivity index (χ3n) is 3.15. The van der Waals surface area contributed by atoms with Gasteiger partial charge < -0.3 is 16.0 Å². The van der Waals surface area contributed by atoms with Gasteiger partial charge in [-0.1, -0.05) is 0 Å². The third-order valence-corrected chi connectivity index (χ3v) is 3.99. The van der Waals surface area contributed by atoms with Crippen molar-refractivity contribution in [1.82, 2.24) is 9.97 Å². The zero-order chi connectivity index (χ0) is 15.0. The van der Waals surface area contributed by atoms with E-state index in [0.29, 0.717) is 17.2 Å². The number of carbonyl (C=O) groups excluding carboxylic acids is 1. The van der Waals surface area contributed by atoms with Crippen molar-refractivity contribution in [1.29, 1.82) is 0 Å². The molecule has 0 spiro atoms. The van der Waals surface area contributed by atoms with E-state index in [9.17, 15) is 4.79 Å². The molecule has 4 N–H and O–H groups in total. The first-order valence-corrected chi connectivity index (χ1v) is 7.15. The van der Waals surface area contributed by atoms with E-state index in [1.54, 1.807) is 18.2 Å². The number of nitrogens with two attached hydrogens (primary N) is 1. The van der Waals surface area contributed by atoms with Crippen LogP contribution in [0.2, 0.25) is 0 Å². The molecule has 3 rings (SSSR count). The zero-order valence-corrected chi connectivity index (χ0v) is 12.9. The Morgan fingerprint density at radius 3 is 2.86 bits per heavy atom. The largest absolute Gasteiger partial charge is 0.399 e. The number of benzene rings is 1. The number of aromatic nitrogens is 2. The molecule has 0 radical (unpaired) electrons. The number of anilines is 2. The Morgan fingerprint density at radius 2 is 2.10 bits per heavy atom. The fourth-order valence-corrected chi connectivity index (χ4v) is 2.29. The summed E-state index contributed by atoms with van der Waals surface area (Å²) in [6, 6.07) is 10.8. The predicted octanol–water partition coefficient (Wildman–Crippen LogP) is 3.47. The average Bonchev–Trinajstić information content (AvgIpc) is 2.86. The van der Waals surface area contributed by atoms with Crippen molar-refractivity contribution in [3.63, 3.8) is 0 Å². The number of amides is 1. The quantitative estimate of drug-likeness (QED) is 0.622. The number of nitrogens with zero attached hydrogens (tertiary/aromatic N) is 1. The summed E-state index contributed by atoms with van der Waals surface area (Å²) in [5, 5.41) is 3.67. The lowest BCUT2D eigenvalue weighted by Crippen LogP contribution is -2.13. The lowest BCUT2D eigenvalue weighted by Gasteiger charge is -2.04. The van der Waals surface area contributed by atoms with Crippen LogP contribution in [0.5, 0.6) is 0 Å². The fraction of sp³-hybridized carbons (Fsp3) is 0.0667. The minimum absolute atomic E-state index is 0.237. The standard InChI is InChI=1S/C15H13BrN4O/c1-8-11(16)3-5-14(18-8)20-15(21)13-7-9-6-10(17)2-4-12(9)19-13/h2-7,19H,17H2,1H3,(H,18,20,21). The maximum absolute atomic E-state index is 12.2. The van der Waals surface area contributed by atoms with Gasteiger partial charge in [0.15, 0.2) is 0 Å². The normalized spacial score (nSPS) is 10.8. The molecule has 0 saturated heterocycles. The molecule has 0 aliphatic carbocycles. The molecule has 1 aromatic carbocycles. The molecular weight excluding hydrogens is 332 g/mol. The Hall–Kier alpha value is -2.34. The number of nitrogen functional groups attached to an aromatic ring is 1. The fourth-order valence-electron chi connectivity index (χ4n) is 2.07. The summed E-state index contributed by atoms with van der Waals surface area (Å²) in [5.74, 6) is 0.276. The van der Waals surface area contributed by atoms with Gasteiger partial charge in [-0.2, -0.15) is 0 Å². The van der Waals surface area contributed by atoms with Gasteiger partial charge in [0.05, 0.1) is 5.69 Å². The molecule has 21 heavy (non-hydrogen) atoms. The predicted molar refractivity (Wildman–Crippen MR) is 87.3 cm³/mol. The van der Waals surface area contributed by atoms with Gasteiger partial charge in [-0.3, -0.25) is 4.79 Å². The number of hydrogen-bond acceptors (Lipinski definition) is 3. The highest BCUT2D eigenvalue weighted by Gasteiger charge is 2.11. The summed E-state index contributed by atoms with van der Waals surface area (Å²) in [6.45, 7) is 1.87. The molecule has 0 fully saturated rings. The Kier molecular flexibility index (Phi) is 3.39. The molecule has 0 aliphatic rings. The topological polar surface area (TPSA) is 83.8 Å². The zero-order valence-electron chi connectivity index (χ0n) is 11.3. The second kappa shape index (κ2) is 5.21. The van der Waals surface area contributed by atoms with Crippen LogP contribution in [-0.4, -0.2) is 15.9 Å². The Balaban J connectivity index is 1.87. The van der Waals surface area contributed by atoms with Gasteiger partial charge in [-0.15, -0.1) is 0 Å².